The molecule has 1 aromatic rings. The molecular formula is C10H15N3O4. The molecule has 1 amide bonds. The van der Waals surface area contributed by atoms with E-state index in [1.807, 2.05) is 6.92 Å². The molecule has 0 unspecified atom stereocenters. The van der Waals surface area contributed by atoms with Crippen molar-refractivity contribution in [1.82, 2.24) is 10.6 Å². The largest absolute Gasteiger partial charge is 0.433 e. The molecule has 2 N–H and O–H groups in total. The van der Waals surface area contributed by atoms with Gasteiger partial charge in [0.1, 0.15) is 10.7 Å². The zero-order valence-electron chi connectivity index (χ0n) is 9.56. The van der Waals surface area contributed by atoms with Gasteiger partial charge in [-0.1, -0.05) is 0 Å². The average molecular weight is 241 g/mol. The topological polar surface area (TPSA) is 97.4 Å². The summed E-state index contributed by atoms with van der Waals surface area (Å²) < 4.78 is 4.94. The van der Waals surface area contributed by atoms with Gasteiger partial charge < -0.3 is 15.1 Å². The number of amides is 1. The highest BCUT2D eigenvalue weighted by atomic mass is 16.6. The maximum Gasteiger partial charge on any atom is 0.433 e. The van der Waals surface area contributed by atoms with Gasteiger partial charge in [-0.05, 0) is 13.0 Å². The Bertz CT molecular complexity index is 389. The van der Waals surface area contributed by atoms with E-state index in [1.54, 1.807) is 0 Å². The molecule has 0 radical (unpaired) electrons. The third kappa shape index (κ3) is 4.64. The lowest BCUT2D eigenvalue weighted by atomic mass is 10.3. The summed E-state index contributed by atoms with van der Waals surface area (Å²) in [5.41, 5.74) is 0. The Kier molecular flexibility index (Phi) is 5.15. The van der Waals surface area contributed by atoms with Crippen LogP contribution in [0.4, 0.5) is 5.88 Å². The molecule has 0 spiro atoms. The van der Waals surface area contributed by atoms with E-state index in [0.717, 1.165) is 0 Å². The second-order valence-electron chi connectivity index (χ2n) is 3.38. The van der Waals surface area contributed by atoms with E-state index in [9.17, 15) is 14.9 Å². The van der Waals surface area contributed by atoms with Crippen molar-refractivity contribution in [2.24, 2.45) is 0 Å². The van der Waals surface area contributed by atoms with Crippen LogP contribution in [0.2, 0.25) is 0 Å². The molecule has 7 nitrogen and oxygen atoms in total. The van der Waals surface area contributed by atoms with Gasteiger partial charge in [0.05, 0.1) is 12.6 Å². The average Bonchev–Trinajstić information content (AvgIpc) is 2.73. The van der Waals surface area contributed by atoms with Crippen LogP contribution in [0.25, 0.3) is 0 Å². The summed E-state index contributed by atoms with van der Waals surface area (Å²) in [6.07, 6.45) is 0.372. The fraction of sp³-hybridized carbons (Fsp3) is 0.500. The van der Waals surface area contributed by atoms with Crippen molar-refractivity contribution >= 4 is 11.8 Å². The Labute approximate surface area is 98.3 Å². The molecule has 1 heterocycles. The zero-order chi connectivity index (χ0) is 12.7. The molecule has 7 heteroatoms. The summed E-state index contributed by atoms with van der Waals surface area (Å²) in [6, 6.07) is 2.85. The highest BCUT2D eigenvalue weighted by Crippen LogP contribution is 2.14. The van der Waals surface area contributed by atoms with Gasteiger partial charge >= 0.3 is 5.88 Å². The first-order valence-corrected chi connectivity index (χ1v) is 5.34. The predicted molar refractivity (Wildman–Crippen MR) is 60.4 cm³/mol. The van der Waals surface area contributed by atoms with Crippen LogP contribution < -0.4 is 10.6 Å². The minimum Gasteiger partial charge on any atom is -0.404 e. The molecule has 0 aliphatic rings. The normalized spacial score (nSPS) is 10.2. The number of rotatable bonds is 7. The maximum absolute atomic E-state index is 11.1. The van der Waals surface area contributed by atoms with Crippen molar-refractivity contribution in [2.75, 3.05) is 13.1 Å². The molecule has 17 heavy (non-hydrogen) atoms. The van der Waals surface area contributed by atoms with E-state index in [4.69, 9.17) is 4.42 Å². The summed E-state index contributed by atoms with van der Waals surface area (Å²) in [4.78, 5) is 20.8. The standard InChI is InChI=1S/C10H15N3O4/c1-2-12-9(14)5-6-11-7-8-3-4-10(17-8)13(15)16/h3-4,11H,2,5-7H2,1H3,(H,12,14). The van der Waals surface area contributed by atoms with Crippen LogP contribution >= 0.6 is 0 Å². The summed E-state index contributed by atoms with van der Waals surface area (Å²) in [7, 11) is 0. The number of furan rings is 1. The first-order chi connectivity index (χ1) is 8.13. The van der Waals surface area contributed by atoms with Gasteiger partial charge in [0, 0.05) is 19.5 Å². The van der Waals surface area contributed by atoms with E-state index in [2.05, 4.69) is 10.6 Å². The molecule has 1 aromatic heterocycles. The number of nitro groups is 1. The molecule has 0 bridgehead atoms. The van der Waals surface area contributed by atoms with Crippen molar-refractivity contribution in [2.45, 2.75) is 19.9 Å². The minimum absolute atomic E-state index is 0.0228. The molecule has 0 aliphatic carbocycles. The van der Waals surface area contributed by atoms with Gasteiger partial charge in [0.2, 0.25) is 5.91 Å². The molecule has 0 aromatic carbocycles. The van der Waals surface area contributed by atoms with E-state index in [1.165, 1.54) is 12.1 Å². The number of hydrogen-bond acceptors (Lipinski definition) is 5. The lowest BCUT2D eigenvalue weighted by Crippen LogP contribution is -2.27. The van der Waals surface area contributed by atoms with E-state index in [0.29, 0.717) is 31.8 Å². The predicted octanol–water partition coefficient (Wildman–Crippen LogP) is 0.804. The monoisotopic (exact) mass is 241 g/mol. The Hall–Kier alpha value is -1.89. The van der Waals surface area contributed by atoms with Crippen molar-refractivity contribution in [3.05, 3.63) is 28.0 Å². The summed E-state index contributed by atoms with van der Waals surface area (Å²) in [5, 5.41) is 16.0. The molecule has 0 fully saturated rings. The van der Waals surface area contributed by atoms with Crippen LogP contribution in [0.5, 0.6) is 0 Å². The quantitative estimate of drug-likeness (QED) is 0.418. The molecule has 0 aliphatic heterocycles. The number of nitrogens with one attached hydrogen (secondary N) is 2. The van der Waals surface area contributed by atoms with Crippen LogP contribution in [0.1, 0.15) is 19.1 Å². The second-order valence-corrected chi connectivity index (χ2v) is 3.38. The van der Waals surface area contributed by atoms with Crippen molar-refractivity contribution in [3.63, 3.8) is 0 Å². The smallest absolute Gasteiger partial charge is 0.404 e. The molecule has 94 valence electrons. The zero-order valence-corrected chi connectivity index (χ0v) is 9.56. The minimum atomic E-state index is -0.585. The highest BCUT2D eigenvalue weighted by Gasteiger charge is 2.11. The fourth-order valence-corrected chi connectivity index (χ4v) is 1.26. The van der Waals surface area contributed by atoms with Gasteiger partial charge in [0.25, 0.3) is 0 Å². The van der Waals surface area contributed by atoms with Gasteiger partial charge in [-0.3, -0.25) is 14.9 Å². The van der Waals surface area contributed by atoms with Crippen LogP contribution in [0.15, 0.2) is 16.5 Å². The number of carbonyl (C=O) groups is 1. The summed E-state index contributed by atoms with van der Waals surface area (Å²) >= 11 is 0. The van der Waals surface area contributed by atoms with E-state index in [-0.39, 0.29) is 11.8 Å². The van der Waals surface area contributed by atoms with Crippen LogP contribution in [0, 0.1) is 10.1 Å². The Balaban J connectivity index is 2.22. The summed E-state index contributed by atoms with van der Waals surface area (Å²) in [5.74, 6) is 0.184. The first kappa shape index (κ1) is 13.2. The second kappa shape index (κ2) is 6.64. The van der Waals surface area contributed by atoms with Gasteiger partial charge in [-0.25, -0.2) is 0 Å². The number of nitrogens with zero attached hydrogens (tertiary/aromatic N) is 1. The lowest BCUT2D eigenvalue weighted by molar-refractivity contribution is -0.402. The van der Waals surface area contributed by atoms with Crippen molar-refractivity contribution in [1.29, 1.82) is 0 Å². The molecule has 0 saturated heterocycles. The van der Waals surface area contributed by atoms with Crippen molar-refractivity contribution < 1.29 is 14.1 Å². The van der Waals surface area contributed by atoms with Crippen molar-refractivity contribution in [3.8, 4) is 0 Å². The van der Waals surface area contributed by atoms with Crippen LogP contribution in [-0.2, 0) is 11.3 Å². The van der Waals surface area contributed by atoms with Gasteiger partial charge in [-0.2, -0.15) is 0 Å². The summed E-state index contributed by atoms with van der Waals surface area (Å²) in [6.45, 7) is 3.34. The van der Waals surface area contributed by atoms with Crippen LogP contribution in [-0.4, -0.2) is 23.9 Å². The molecule has 0 saturated carbocycles. The lowest BCUT2D eigenvalue weighted by Gasteiger charge is -2.02. The van der Waals surface area contributed by atoms with E-state index < -0.39 is 4.92 Å². The SMILES string of the molecule is CCNC(=O)CCNCc1ccc([N+](=O)[O-])o1. The first-order valence-electron chi connectivity index (χ1n) is 5.34. The van der Waals surface area contributed by atoms with Gasteiger partial charge in [0.15, 0.2) is 0 Å². The number of carbonyl (C=O) groups excluding carboxylic acids is 1. The third-order valence-electron chi connectivity index (χ3n) is 2.03. The third-order valence-corrected chi connectivity index (χ3v) is 2.03. The van der Waals surface area contributed by atoms with Crippen LogP contribution in [0.3, 0.4) is 0 Å². The molecule has 1 rings (SSSR count). The van der Waals surface area contributed by atoms with Gasteiger partial charge in [-0.15, -0.1) is 0 Å². The molecular weight excluding hydrogens is 226 g/mol. The Morgan fingerprint density at radius 3 is 2.88 bits per heavy atom. The Morgan fingerprint density at radius 1 is 1.53 bits per heavy atom. The number of hydrogen-bond donors (Lipinski definition) is 2. The highest BCUT2D eigenvalue weighted by molar-refractivity contribution is 5.75. The van der Waals surface area contributed by atoms with E-state index >= 15 is 0 Å². The Morgan fingerprint density at radius 2 is 2.29 bits per heavy atom. The maximum atomic E-state index is 11.1. The molecule has 0 atom stereocenters. The fourth-order valence-electron chi connectivity index (χ4n) is 1.26.